The molecule has 1 aliphatic rings. The Labute approximate surface area is 163 Å². The average molecular weight is 379 g/mol. The topological polar surface area (TPSA) is 58.1 Å². The van der Waals surface area contributed by atoms with E-state index in [0.29, 0.717) is 23.0 Å². The number of carbonyl (C=O) groups is 1. The summed E-state index contributed by atoms with van der Waals surface area (Å²) in [5.74, 6) is 0.645. The lowest BCUT2D eigenvalue weighted by Crippen LogP contribution is -2.43. The van der Waals surface area contributed by atoms with Gasteiger partial charge in [-0.15, -0.1) is 0 Å². The molecule has 1 N–H and O–H groups in total. The first-order chi connectivity index (χ1) is 13.2. The summed E-state index contributed by atoms with van der Waals surface area (Å²) in [5.41, 5.74) is 3.16. The van der Waals surface area contributed by atoms with E-state index < -0.39 is 0 Å². The summed E-state index contributed by atoms with van der Waals surface area (Å²) < 4.78 is 0. The van der Waals surface area contributed by atoms with Crippen LogP contribution in [0.1, 0.15) is 35.4 Å². The van der Waals surface area contributed by atoms with Gasteiger partial charge in [0.15, 0.2) is 5.82 Å². The van der Waals surface area contributed by atoms with E-state index in [2.05, 4.69) is 22.2 Å². The number of nitrogens with one attached hydrogen (secondary N) is 1. The summed E-state index contributed by atoms with van der Waals surface area (Å²) in [5, 5.41) is 4.01. The molecule has 0 fully saturated rings. The van der Waals surface area contributed by atoms with Crippen LogP contribution >= 0.6 is 11.6 Å². The average Bonchev–Trinajstić information content (AvgIpc) is 2.71. The highest BCUT2D eigenvalue weighted by molar-refractivity contribution is 6.31. The molecule has 0 radical (unpaired) electrons. The van der Waals surface area contributed by atoms with Gasteiger partial charge >= 0.3 is 0 Å². The Morgan fingerprint density at radius 2 is 1.85 bits per heavy atom. The number of hydrogen-bond acceptors (Lipinski definition) is 4. The number of hydrogen-bond donors (Lipinski definition) is 1. The van der Waals surface area contributed by atoms with Gasteiger partial charge in [0.1, 0.15) is 6.17 Å². The predicted molar refractivity (Wildman–Crippen MR) is 107 cm³/mol. The number of aromatic nitrogens is 2. The Hall–Kier alpha value is -2.92. The molecule has 4 rings (SSSR count). The lowest BCUT2D eigenvalue weighted by Gasteiger charge is -2.37. The summed E-state index contributed by atoms with van der Waals surface area (Å²) >= 11 is 6.11. The zero-order valence-electron chi connectivity index (χ0n) is 14.9. The molecular weight excluding hydrogens is 360 g/mol. The van der Waals surface area contributed by atoms with Crippen molar-refractivity contribution in [3.63, 3.8) is 0 Å². The van der Waals surface area contributed by atoms with E-state index in [-0.39, 0.29) is 12.1 Å². The van der Waals surface area contributed by atoms with Crippen LogP contribution in [0.3, 0.4) is 0 Å². The van der Waals surface area contributed by atoms with Crippen LogP contribution < -0.4 is 5.32 Å². The molecule has 0 bridgehead atoms. The van der Waals surface area contributed by atoms with Gasteiger partial charge in [0, 0.05) is 35.1 Å². The van der Waals surface area contributed by atoms with Gasteiger partial charge in [0.25, 0.3) is 5.91 Å². The molecule has 0 spiro atoms. The number of rotatable bonds is 4. The smallest absolute Gasteiger partial charge is 0.257 e. The van der Waals surface area contributed by atoms with Crippen LogP contribution in [-0.4, -0.2) is 27.3 Å². The highest BCUT2D eigenvalue weighted by Crippen LogP contribution is 2.34. The van der Waals surface area contributed by atoms with E-state index in [1.54, 1.807) is 30.6 Å². The molecule has 2 heterocycles. The van der Waals surface area contributed by atoms with Gasteiger partial charge in [-0.1, -0.05) is 48.9 Å². The second-order valence-corrected chi connectivity index (χ2v) is 6.88. The Kier molecular flexibility index (Phi) is 4.77. The van der Waals surface area contributed by atoms with Gasteiger partial charge in [0.2, 0.25) is 0 Å². The number of benzene rings is 2. The predicted octanol–water partition coefficient (Wildman–Crippen LogP) is 4.77. The maximum absolute atomic E-state index is 13.0. The maximum Gasteiger partial charge on any atom is 0.257 e. The molecule has 0 saturated carbocycles. The molecule has 136 valence electrons. The molecule has 27 heavy (non-hydrogen) atoms. The summed E-state index contributed by atoms with van der Waals surface area (Å²) in [6.45, 7) is 2.69. The van der Waals surface area contributed by atoms with Crippen molar-refractivity contribution in [2.24, 2.45) is 0 Å². The molecule has 1 atom stereocenters. The van der Waals surface area contributed by atoms with Crippen LogP contribution in [-0.2, 0) is 0 Å². The molecule has 1 aromatic heterocycles. The van der Waals surface area contributed by atoms with E-state index in [1.165, 1.54) is 0 Å². The second kappa shape index (κ2) is 7.37. The molecule has 0 unspecified atom stereocenters. The number of fused-ring (bicyclic) bond motifs is 1. The van der Waals surface area contributed by atoms with Crippen molar-refractivity contribution >= 4 is 23.2 Å². The fraction of sp³-hybridized carbons (Fsp3) is 0.190. The molecular formula is C21H19ClN4O. The number of carbonyl (C=O) groups excluding carboxylic acids is 1. The third-order valence-corrected chi connectivity index (χ3v) is 4.80. The highest BCUT2D eigenvalue weighted by Gasteiger charge is 2.32. The first-order valence-electron chi connectivity index (χ1n) is 8.92. The molecule has 1 amide bonds. The summed E-state index contributed by atoms with van der Waals surface area (Å²) in [6, 6.07) is 15.1. The normalized spacial score (nSPS) is 16.0. The molecule has 1 aliphatic heterocycles. The van der Waals surface area contributed by atoms with E-state index >= 15 is 0 Å². The molecule has 2 aromatic carbocycles. The maximum atomic E-state index is 13.0. The first kappa shape index (κ1) is 17.5. The quantitative estimate of drug-likeness (QED) is 0.710. The Morgan fingerprint density at radius 1 is 1.11 bits per heavy atom. The fourth-order valence-corrected chi connectivity index (χ4v) is 3.44. The number of nitrogens with zero attached hydrogens (tertiary/aromatic N) is 3. The highest BCUT2D eigenvalue weighted by atomic mass is 35.5. The van der Waals surface area contributed by atoms with Gasteiger partial charge < -0.3 is 10.2 Å². The van der Waals surface area contributed by atoms with E-state index in [9.17, 15) is 4.79 Å². The van der Waals surface area contributed by atoms with Crippen LogP contribution in [0.15, 0.2) is 60.9 Å². The fourth-order valence-electron chi connectivity index (χ4n) is 3.27. The van der Waals surface area contributed by atoms with Crippen molar-refractivity contribution in [2.45, 2.75) is 19.5 Å². The zero-order valence-corrected chi connectivity index (χ0v) is 15.6. The van der Waals surface area contributed by atoms with Crippen molar-refractivity contribution in [1.29, 1.82) is 0 Å². The van der Waals surface area contributed by atoms with Crippen LogP contribution in [0.2, 0.25) is 5.02 Å². The molecule has 3 aromatic rings. The zero-order chi connectivity index (χ0) is 18.8. The van der Waals surface area contributed by atoms with E-state index in [0.717, 1.165) is 23.2 Å². The number of amides is 1. The minimum absolute atomic E-state index is 0.0144. The summed E-state index contributed by atoms with van der Waals surface area (Å²) in [4.78, 5) is 23.8. The van der Waals surface area contributed by atoms with Crippen LogP contribution in [0.25, 0.3) is 11.4 Å². The number of halogens is 1. The first-order valence-corrected chi connectivity index (χ1v) is 9.29. The van der Waals surface area contributed by atoms with E-state index in [4.69, 9.17) is 11.6 Å². The standard InChI is InChI=1S/C21H19ClN4O/c1-2-10-26-20(25-18-11-16(22)8-9-17(18)21(26)27)15-12-23-19(24-13-15)14-6-4-3-5-7-14/h3-9,11-13,20,25H,2,10H2,1H3/t20-/m0/s1. The van der Waals surface area contributed by atoms with Crippen molar-refractivity contribution in [2.75, 3.05) is 11.9 Å². The van der Waals surface area contributed by atoms with Crippen molar-refractivity contribution in [3.05, 3.63) is 77.1 Å². The summed E-state index contributed by atoms with van der Waals surface area (Å²) in [6.07, 6.45) is 4.08. The minimum Gasteiger partial charge on any atom is -0.361 e. The Balaban J connectivity index is 1.69. The molecule has 0 saturated heterocycles. The SMILES string of the molecule is CCCN1C(=O)c2ccc(Cl)cc2N[C@@H]1c1cnc(-c2ccccc2)nc1. The number of anilines is 1. The molecule has 5 nitrogen and oxygen atoms in total. The van der Waals surface area contributed by atoms with Gasteiger partial charge in [-0.25, -0.2) is 9.97 Å². The van der Waals surface area contributed by atoms with Crippen LogP contribution in [0.4, 0.5) is 5.69 Å². The van der Waals surface area contributed by atoms with Crippen molar-refractivity contribution < 1.29 is 4.79 Å². The van der Waals surface area contributed by atoms with Crippen LogP contribution in [0.5, 0.6) is 0 Å². The largest absolute Gasteiger partial charge is 0.361 e. The lowest BCUT2D eigenvalue weighted by molar-refractivity contribution is 0.0683. The molecule has 0 aliphatic carbocycles. The van der Waals surface area contributed by atoms with Gasteiger partial charge in [-0.3, -0.25) is 4.79 Å². The Morgan fingerprint density at radius 3 is 2.56 bits per heavy atom. The molecule has 6 heteroatoms. The Bertz CT molecular complexity index is 960. The van der Waals surface area contributed by atoms with Crippen molar-refractivity contribution in [1.82, 2.24) is 14.9 Å². The monoisotopic (exact) mass is 378 g/mol. The van der Waals surface area contributed by atoms with Gasteiger partial charge in [-0.05, 0) is 24.6 Å². The van der Waals surface area contributed by atoms with Crippen molar-refractivity contribution in [3.8, 4) is 11.4 Å². The van der Waals surface area contributed by atoms with E-state index in [1.807, 2.05) is 35.2 Å². The lowest BCUT2D eigenvalue weighted by atomic mass is 10.0. The third kappa shape index (κ3) is 3.38. The third-order valence-electron chi connectivity index (χ3n) is 4.56. The van der Waals surface area contributed by atoms with Crippen LogP contribution in [0, 0.1) is 0 Å². The second-order valence-electron chi connectivity index (χ2n) is 6.44. The van der Waals surface area contributed by atoms with Gasteiger partial charge in [-0.2, -0.15) is 0 Å². The summed E-state index contributed by atoms with van der Waals surface area (Å²) in [7, 11) is 0. The minimum atomic E-state index is -0.326. The van der Waals surface area contributed by atoms with Gasteiger partial charge in [0.05, 0.1) is 11.3 Å².